The van der Waals surface area contributed by atoms with E-state index in [0.29, 0.717) is 29.4 Å². The molecule has 0 aliphatic carbocycles. The molecule has 0 atom stereocenters. The Morgan fingerprint density at radius 1 is 1.03 bits per heavy atom. The first kappa shape index (κ1) is 20.4. The Bertz CT molecular complexity index is 1230. The second-order valence-corrected chi connectivity index (χ2v) is 9.15. The quantitative estimate of drug-likeness (QED) is 0.624. The lowest BCUT2D eigenvalue weighted by molar-refractivity contribution is 0.102. The molecule has 3 aromatic carbocycles. The summed E-state index contributed by atoms with van der Waals surface area (Å²) in [5.74, 6) is -1.60. The van der Waals surface area contributed by atoms with Crippen LogP contribution < -0.4 is 9.62 Å². The number of para-hydroxylation sites is 2. The molecule has 4 rings (SSSR count). The molecule has 30 heavy (non-hydrogen) atoms. The molecule has 0 saturated carbocycles. The van der Waals surface area contributed by atoms with Crippen LogP contribution in [0.25, 0.3) is 0 Å². The van der Waals surface area contributed by atoms with E-state index in [1.165, 1.54) is 10.4 Å². The Hall–Kier alpha value is -2.90. The fourth-order valence-electron chi connectivity index (χ4n) is 3.47. The van der Waals surface area contributed by atoms with Crippen molar-refractivity contribution < 1.29 is 17.6 Å². The molecule has 154 valence electrons. The van der Waals surface area contributed by atoms with Crippen molar-refractivity contribution in [1.29, 1.82) is 0 Å². The van der Waals surface area contributed by atoms with Crippen LogP contribution in [0.5, 0.6) is 0 Å². The van der Waals surface area contributed by atoms with Gasteiger partial charge in [-0.25, -0.2) is 12.8 Å². The second-order valence-electron chi connectivity index (χ2n) is 6.89. The predicted octanol–water partition coefficient (Wildman–Crippen LogP) is 4.87. The van der Waals surface area contributed by atoms with Gasteiger partial charge in [-0.05, 0) is 54.8 Å². The summed E-state index contributed by atoms with van der Waals surface area (Å²) in [5.41, 5.74) is 1.48. The summed E-state index contributed by atoms with van der Waals surface area (Å²) in [6.45, 7) is 0.317. The van der Waals surface area contributed by atoms with Gasteiger partial charge in [-0.1, -0.05) is 41.9 Å². The van der Waals surface area contributed by atoms with Crippen LogP contribution in [-0.4, -0.2) is 20.9 Å². The SMILES string of the molecule is O=C(Nc1ccccc1Cl)c1cc(S(=O)(=O)N2CCCc3ccccc32)ccc1F. The molecule has 0 spiro atoms. The highest BCUT2D eigenvalue weighted by atomic mass is 35.5. The van der Waals surface area contributed by atoms with Gasteiger partial charge in [-0.3, -0.25) is 9.10 Å². The molecule has 0 aromatic heterocycles. The van der Waals surface area contributed by atoms with Gasteiger partial charge in [0.25, 0.3) is 15.9 Å². The van der Waals surface area contributed by atoms with Crippen molar-refractivity contribution in [3.63, 3.8) is 0 Å². The Kier molecular flexibility index (Phi) is 5.49. The van der Waals surface area contributed by atoms with Crippen LogP contribution in [0, 0.1) is 5.82 Å². The van der Waals surface area contributed by atoms with Gasteiger partial charge in [-0.2, -0.15) is 0 Å². The van der Waals surface area contributed by atoms with E-state index in [1.807, 2.05) is 12.1 Å². The molecule has 5 nitrogen and oxygen atoms in total. The molecule has 1 aliphatic rings. The van der Waals surface area contributed by atoms with Crippen LogP contribution >= 0.6 is 11.6 Å². The molecule has 8 heteroatoms. The lowest BCUT2D eigenvalue weighted by atomic mass is 10.0. The lowest BCUT2D eigenvalue weighted by Crippen LogP contribution is -2.35. The zero-order chi connectivity index (χ0) is 21.3. The molecule has 0 radical (unpaired) electrons. The van der Waals surface area contributed by atoms with Gasteiger partial charge in [0.15, 0.2) is 0 Å². The number of nitrogens with zero attached hydrogens (tertiary/aromatic N) is 1. The first-order valence-corrected chi connectivity index (χ1v) is 11.2. The van der Waals surface area contributed by atoms with Crippen molar-refractivity contribution in [3.8, 4) is 0 Å². The molecule has 0 unspecified atom stereocenters. The van der Waals surface area contributed by atoms with Crippen LogP contribution in [0.15, 0.2) is 71.6 Å². The maximum Gasteiger partial charge on any atom is 0.264 e. The molecule has 3 aromatic rings. The third kappa shape index (κ3) is 3.78. The summed E-state index contributed by atoms with van der Waals surface area (Å²) in [6, 6.07) is 17.0. The Labute approximate surface area is 179 Å². The third-order valence-electron chi connectivity index (χ3n) is 4.96. The van der Waals surface area contributed by atoms with E-state index < -0.39 is 21.7 Å². The van der Waals surface area contributed by atoms with Crippen LogP contribution in [0.4, 0.5) is 15.8 Å². The standard InChI is InChI=1S/C22H18ClFN2O3S/c23-18-8-2-3-9-20(18)25-22(27)17-14-16(11-12-19(17)24)30(28,29)26-13-5-7-15-6-1-4-10-21(15)26/h1-4,6,8-12,14H,5,7,13H2,(H,25,27). The third-order valence-corrected chi connectivity index (χ3v) is 7.10. The molecule has 0 bridgehead atoms. The van der Waals surface area contributed by atoms with E-state index in [0.717, 1.165) is 24.1 Å². The topological polar surface area (TPSA) is 66.5 Å². The molecular weight excluding hydrogens is 427 g/mol. The van der Waals surface area contributed by atoms with Crippen LogP contribution in [-0.2, 0) is 16.4 Å². The summed E-state index contributed by atoms with van der Waals surface area (Å²) < 4.78 is 42.3. The molecule has 0 fully saturated rings. The van der Waals surface area contributed by atoms with Gasteiger partial charge in [0.05, 0.1) is 26.9 Å². The number of sulfonamides is 1. The van der Waals surface area contributed by atoms with Crippen LogP contribution in [0.2, 0.25) is 5.02 Å². The zero-order valence-corrected chi connectivity index (χ0v) is 17.4. The highest BCUT2D eigenvalue weighted by molar-refractivity contribution is 7.92. The smallest absolute Gasteiger partial charge is 0.264 e. The lowest BCUT2D eigenvalue weighted by Gasteiger charge is -2.30. The Balaban J connectivity index is 1.70. The average molecular weight is 445 g/mol. The molecule has 1 heterocycles. The number of fused-ring (bicyclic) bond motifs is 1. The van der Waals surface area contributed by atoms with E-state index in [-0.39, 0.29) is 10.5 Å². The van der Waals surface area contributed by atoms with Crippen molar-refractivity contribution in [1.82, 2.24) is 0 Å². The van der Waals surface area contributed by atoms with Crippen molar-refractivity contribution >= 4 is 38.9 Å². The number of amides is 1. The molecule has 1 aliphatic heterocycles. The van der Waals surface area contributed by atoms with Crippen LogP contribution in [0.3, 0.4) is 0 Å². The van der Waals surface area contributed by atoms with Gasteiger partial charge >= 0.3 is 0 Å². The Morgan fingerprint density at radius 3 is 2.57 bits per heavy atom. The fourth-order valence-corrected chi connectivity index (χ4v) is 5.22. The minimum absolute atomic E-state index is 0.148. The number of anilines is 2. The second kappa shape index (κ2) is 8.08. The van der Waals surface area contributed by atoms with Crippen LogP contribution in [0.1, 0.15) is 22.3 Å². The van der Waals surface area contributed by atoms with E-state index in [9.17, 15) is 17.6 Å². The fraction of sp³-hybridized carbons (Fsp3) is 0.136. The molecule has 0 saturated heterocycles. The van der Waals surface area contributed by atoms with E-state index in [2.05, 4.69) is 5.32 Å². The number of benzene rings is 3. The van der Waals surface area contributed by atoms with E-state index >= 15 is 0 Å². The van der Waals surface area contributed by atoms with E-state index in [1.54, 1.807) is 36.4 Å². The van der Waals surface area contributed by atoms with Gasteiger partial charge < -0.3 is 5.32 Å². The highest BCUT2D eigenvalue weighted by Gasteiger charge is 2.30. The number of hydrogen-bond donors (Lipinski definition) is 1. The van der Waals surface area contributed by atoms with Crippen molar-refractivity contribution in [3.05, 3.63) is 88.7 Å². The largest absolute Gasteiger partial charge is 0.321 e. The van der Waals surface area contributed by atoms with E-state index in [4.69, 9.17) is 11.6 Å². The number of carbonyl (C=O) groups excluding carboxylic acids is 1. The van der Waals surface area contributed by atoms with Crippen molar-refractivity contribution in [2.24, 2.45) is 0 Å². The number of hydrogen-bond acceptors (Lipinski definition) is 3. The number of aryl methyl sites for hydroxylation is 1. The summed E-state index contributed by atoms with van der Waals surface area (Å²) in [6.07, 6.45) is 1.47. The summed E-state index contributed by atoms with van der Waals surface area (Å²) in [5, 5.41) is 2.81. The normalized spacial score (nSPS) is 13.6. The molecular formula is C22H18ClFN2O3S. The van der Waals surface area contributed by atoms with Crippen molar-refractivity contribution in [2.45, 2.75) is 17.7 Å². The summed E-state index contributed by atoms with van der Waals surface area (Å²) >= 11 is 6.04. The maximum atomic E-state index is 14.4. The molecule has 1 amide bonds. The predicted molar refractivity (Wildman–Crippen MR) is 115 cm³/mol. The van der Waals surface area contributed by atoms with Crippen molar-refractivity contribution in [2.75, 3.05) is 16.2 Å². The van der Waals surface area contributed by atoms with Gasteiger partial charge in [0.1, 0.15) is 5.82 Å². The first-order valence-electron chi connectivity index (χ1n) is 9.34. The average Bonchev–Trinajstić information content (AvgIpc) is 2.75. The van der Waals surface area contributed by atoms with Gasteiger partial charge in [0.2, 0.25) is 0 Å². The highest BCUT2D eigenvalue weighted by Crippen LogP contribution is 2.32. The number of halogens is 2. The summed E-state index contributed by atoms with van der Waals surface area (Å²) in [7, 11) is -3.97. The number of nitrogens with one attached hydrogen (secondary N) is 1. The number of carbonyl (C=O) groups is 1. The number of rotatable bonds is 4. The Morgan fingerprint density at radius 2 is 1.77 bits per heavy atom. The van der Waals surface area contributed by atoms with Gasteiger partial charge in [-0.15, -0.1) is 0 Å². The summed E-state index contributed by atoms with van der Waals surface area (Å²) in [4.78, 5) is 12.5. The maximum absolute atomic E-state index is 14.4. The first-order chi connectivity index (χ1) is 14.4. The monoisotopic (exact) mass is 444 g/mol. The van der Waals surface area contributed by atoms with Gasteiger partial charge in [0, 0.05) is 6.54 Å². The minimum Gasteiger partial charge on any atom is -0.321 e. The zero-order valence-electron chi connectivity index (χ0n) is 15.8. The minimum atomic E-state index is -3.97. The molecule has 1 N–H and O–H groups in total.